The Labute approximate surface area is 123 Å². The van der Waals surface area contributed by atoms with Crippen LogP contribution in [0.5, 0.6) is 0 Å². The van der Waals surface area contributed by atoms with Gasteiger partial charge in [0.2, 0.25) is 0 Å². The van der Waals surface area contributed by atoms with Crippen molar-refractivity contribution in [3.05, 3.63) is 34.9 Å². The molecule has 0 aliphatic carbocycles. The highest BCUT2D eigenvalue weighted by Crippen LogP contribution is 2.24. The van der Waals surface area contributed by atoms with E-state index in [1.807, 2.05) is 0 Å². The number of thioether (sulfide) groups is 1. The van der Waals surface area contributed by atoms with Gasteiger partial charge in [0.05, 0.1) is 13.2 Å². The minimum absolute atomic E-state index is 0.126. The van der Waals surface area contributed by atoms with Crippen LogP contribution in [0.15, 0.2) is 12.1 Å². The SMILES string of the molecule is COC(=O)c1c(F)cc(C(O)C(O)CSC(C)=O)cc1F. The Bertz CT molecular complexity index is 526. The van der Waals surface area contributed by atoms with Crippen LogP contribution in [-0.4, -0.2) is 40.3 Å². The highest BCUT2D eigenvalue weighted by atomic mass is 32.2. The first-order valence-corrected chi connectivity index (χ1v) is 6.83. The number of hydrogen-bond donors (Lipinski definition) is 2. The number of aliphatic hydroxyl groups excluding tert-OH is 2. The third-order valence-corrected chi connectivity index (χ3v) is 3.53. The van der Waals surface area contributed by atoms with Crippen molar-refractivity contribution in [2.24, 2.45) is 0 Å². The van der Waals surface area contributed by atoms with Crippen molar-refractivity contribution in [1.29, 1.82) is 0 Å². The number of carbonyl (C=O) groups is 2. The Morgan fingerprint density at radius 2 is 1.81 bits per heavy atom. The predicted octanol–water partition coefficient (Wildman–Crippen LogP) is 1.43. The summed E-state index contributed by atoms with van der Waals surface area (Å²) in [6.07, 6.45) is -2.98. The van der Waals surface area contributed by atoms with Gasteiger partial charge in [-0.25, -0.2) is 13.6 Å². The van der Waals surface area contributed by atoms with Crippen LogP contribution in [0.3, 0.4) is 0 Å². The van der Waals surface area contributed by atoms with Gasteiger partial charge in [-0.3, -0.25) is 4.79 Å². The van der Waals surface area contributed by atoms with E-state index in [0.29, 0.717) is 0 Å². The van der Waals surface area contributed by atoms with Gasteiger partial charge in [-0.15, -0.1) is 0 Å². The number of hydrogen-bond acceptors (Lipinski definition) is 6. The first kappa shape index (κ1) is 17.5. The molecule has 1 aromatic carbocycles. The maximum Gasteiger partial charge on any atom is 0.343 e. The first-order valence-electron chi connectivity index (χ1n) is 5.84. The zero-order valence-electron chi connectivity index (χ0n) is 11.3. The monoisotopic (exact) mass is 320 g/mol. The Hall–Kier alpha value is -1.51. The Morgan fingerprint density at radius 1 is 1.29 bits per heavy atom. The van der Waals surface area contributed by atoms with Crippen molar-refractivity contribution in [3.8, 4) is 0 Å². The zero-order valence-corrected chi connectivity index (χ0v) is 12.1. The number of benzene rings is 1. The van der Waals surface area contributed by atoms with E-state index in [9.17, 15) is 28.6 Å². The van der Waals surface area contributed by atoms with E-state index in [0.717, 1.165) is 31.0 Å². The Kier molecular flexibility index (Phi) is 6.25. The summed E-state index contributed by atoms with van der Waals surface area (Å²) in [5.41, 5.74) is -1.12. The van der Waals surface area contributed by atoms with Crippen molar-refractivity contribution in [3.63, 3.8) is 0 Å². The van der Waals surface area contributed by atoms with Crippen LogP contribution in [0.2, 0.25) is 0 Å². The fraction of sp³-hybridized carbons (Fsp3) is 0.385. The number of rotatable bonds is 5. The molecular formula is C13H14F2O5S. The highest BCUT2D eigenvalue weighted by molar-refractivity contribution is 8.13. The van der Waals surface area contributed by atoms with Crippen LogP contribution in [0.1, 0.15) is 28.9 Å². The number of carbonyl (C=O) groups excluding carboxylic acids is 2. The summed E-state index contributed by atoms with van der Waals surface area (Å²) in [6.45, 7) is 1.29. The van der Waals surface area contributed by atoms with Gasteiger partial charge in [-0.1, -0.05) is 11.8 Å². The average molecular weight is 320 g/mol. The van der Waals surface area contributed by atoms with Crippen LogP contribution in [0.25, 0.3) is 0 Å². The normalized spacial score (nSPS) is 13.6. The van der Waals surface area contributed by atoms with E-state index in [1.54, 1.807) is 0 Å². The van der Waals surface area contributed by atoms with Crippen LogP contribution in [0, 0.1) is 11.6 Å². The molecule has 2 atom stereocenters. The number of methoxy groups -OCH3 is 1. The van der Waals surface area contributed by atoms with E-state index >= 15 is 0 Å². The molecule has 0 saturated carbocycles. The second-order valence-electron chi connectivity index (χ2n) is 4.17. The van der Waals surface area contributed by atoms with Gasteiger partial charge in [0.15, 0.2) is 5.12 Å². The van der Waals surface area contributed by atoms with E-state index < -0.39 is 35.4 Å². The molecule has 0 heterocycles. The second kappa shape index (κ2) is 7.48. The molecule has 1 aromatic rings. The Balaban J connectivity index is 2.99. The summed E-state index contributed by atoms with van der Waals surface area (Å²) >= 11 is 0.772. The van der Waals surface area contributed by atoms with Crippen LogP contribution in [0.4, 0.5) is 8.78 Å². The van der Waals surface area contributed by atoms with Crippen molar-refractivity contribution in [2.75, 3.05) is 12.9 Å². The molecule has 0 amide bonds. The molecule has 0 aromatic heterocycles. The molecule has 0 bridgehead atoms. The van der Waals surface area contributed by atoms with Crippen molar-refractivity contribution in [2.45, 2.75) is 19.1 Å². The summed E-state index contributed by atoms with van der Waals surface area (Å²) in [4.78, 5) is 22.0. The quantitative estimate of drug-likeness (QED) is 0.799. The molecule has 0 spiro atoms. The maximum atomic E-state index is 13.7. The molecule has 0 radical (unpaired) electrons. The topological polar surface area (TPSA) is 83.8 Å². The van der Waals surface area contributed by atoms with Gasteiger partial charge in [-0.05, 0) is 17.7 Å². The lowest BCUT2D eigenvalue weighted by atomic mass is 10.0. The zero-order chi connectivity index (χ0) is 16.2. The number of halogens is 2. The highest BCUT2D eigenvalue weighted by Gasteiger charge is 2.25. The van der Waals surface area contributed by atoms with E-state index in [4.69, 9.17) is 0 Å². The third-order valence-electron chi connectivity index (χ3n) is 2.62. The van der Waals surface area contributed by atoms with Gasteiger partial charge < -0.3 is 14.9 Å². The van der Waals surface area contributed by atoms with Crippen molar-refractivity contribution in [1.82, 2.24) is 0 Å². The Morgan fingerprint density at radius 3 is 2.24 bits per heavy atom. The number of esters is 1. The van der Waals surface area contributed by atoms with Gasteiger partial charge in [-0.2, -0.15) is 0 Å². The van der Waals surface area contributed by atoms with E-state index in [-0.39, 0.29) is 16.4 Å². The molecule has 8 heteroatoms. The summed E-state index contributed by atoms with van der Waals surface area (Å²) < 4.78 is 31.6. The van der Waals surface area contributed by atoms with Crippen molar-refractivity contribution >= 4 is 22.8 Å². The van der Waals surface area contributed by atoms with E-state index in [2.05, 4.69) is 4.74 Å². The van der Waals surface area contributed by atoms with E-state index in [1.165, 1.54) is 6.92 Å². The summed E-state index contributed by atoms with van der Waals surface area (Å²) in [7, 11) is 0.979. The lowest BCUT2D eigenvalue weighted by Gasteiger charge is -2.18. The smallest absolute Gasteiger partial charge is 0.343 e. The molecule has 116 valence electrons. The lowest BCUT2D eigenvalue weighted by molar-refractivity contribution is -0.109. The number of aliphatic hydroxyl groups is 2. The predicted molar refractivity (Wildman–Crippen MR) is 71.8 cm³/mol. The van der Waals surface area contributed by atoms with Crippen LogP contribution in [-0.2, 0) is 9.53 Å². The molecule has 0 aliphatic rings. The molecule has 1 rings (SSSR count). The van der Waals surface area contributed by atoms with Crippen LogP contribution >= 0.6 is 11.8 Å². The summed E-state index contributed by atoms with van der Waals surface area (Å²) in [5.74, 6) is -3.72. The van der Waals surface area contributed by atoms with Crippen LogP contribution < -0.4 is 0 Å². The third kappa shape index (κ3) is 4.48. The fourth-order valence-corrected chi connectivity index (χ4v) is 2.16. The van der Waals surface area contributed by atoms with Gasteiger partial charge >= 0.3 is 5.97 Å². The largest absolute Gasteiger partial charge is 0.465 e. The molecule has 5 nitrogen and oxygen atoms in total. The minimum atomic E-state index is -1.59. The summed E-state index contributed by atoms with van der Waals surface area (Å²) in [5, 5.41) is 19.2. The standard InChI is InChI=1S/C13H14F2O5S/c1-6(16)21-5-10(17)12(18)7-3-8(14)11(9(15)4-7)13(19)20-2/h3-4,10,12,17-18H,5H2,1-2H3. The first-order chi connectivity index (χ1) is 9.77. The second-order valence-corrected chi connectivity index (χ2v) is 5.36. The van der Waals surface area contributed by atoms with Gasteiger partial charge in [0.25, 0.3) is 0 Å². The van der Waals surface area contributed by atoms with Gasteiger partial charge in [0.1, 0.15) is 23.3 Å². The lowest BCUT2D eigenvalue weighted by Crippen LogP contribution is -2.22. The van der Waals surface area contributed by atoms with Crippen molar-refractivity contribution < 1.29 is 33.3 Å². The molecule has 2 N–H and O–H groups in total. The number of ether oxygens (including phenoxy) is 1. The molecule has 2 unspecified atom stereocenters. The minimum Gasteiger partial charge on any atom is -0.465 e. The fourth-order valence-electron chi connectivity index (χ4n) is 1.58. The van der Waals surface area contributed by atoms with Gasteiger partial charge in [0, 0.05) is 12.7 Å². The molecule has 0 fully saturated rings. The molecule has 0 aliphatic heterocycles. The molecule has 21 heavy (non-hydrogen) atoms. The molecular weight excluding hydrogens is 306 g/mol. The maximum absolute atomic E-state index is 13.7. The molecule has 0 saturated heterocycles. The average Bonchev–Trinajstić information content (AvgIpc) is 2.42. The summed E-state index contributed by atoms with van der Waals surface area (Å²) in [6, 6.07) is 1.48.